The highest BCUT2D eigenvalue weighted by molar-refractivity contribution is 7.89. The fraction of sp³-hybridized carbons (Fsp3) is 0.323. The molecular formula is C31H29N3O7S. The summed E-state index contributed by atoms with van der Waals surface area (Å²) in [5, 5.41) is 0.606. The van der Waals surface area contributed by atoms with Gasteiger partial charge in [-0.25, -0.2) is 12.7 Å². The predicted molar refractivity (Wildman–Crippen MR) is 157 cm³/mol. The van der Waals surface area contributed by atoms with E-state index in [4.69, 9.17) is 9.47 Å². The molecule has 2 atom stereocenters. The summed E-state index contributed by atoms with van der Waals surface area (Å²) in [5.74, 6) is -0.0688. The molecule has 2 bridgehead atoms. The number of hydrogen-bond donors (Lipinski definition) is 0. The number of carbonyl (C=O) groups is 1. The fourth-order valence-corrected chi connectivity index (χ4v) is 8.52. The van der Waals surface area contributed by atoms with Crippen LogP contribution in [-0.2, 0) is 23.1 Å². The van der Waals surface area contributed by atoms with Crippen LogP contribution >= 0.6 is 0 Å². The van der Waals surface area contributed by atoms with Gasteiger partial charge >= 0.3 is 0 Å². The summed E-state index contributed by atoms with van der Waals surface area (Å²) < 4.78 is 43.3. The molecule has 7 rings (SSSR count). The lowest BCUT2D eigenvalue weighted by atomic mass is 9.84. The van der Waals surface area contributed by atoms with E-state index in [2.05, 4.69) is 0 Å². The first-order valence-corrected chi connectivity index (χ1v) is 15.5. The van der Waals surface area contributed by atoms with Crippen LogP contribution in [0.5, 0.6) is 11.5 Å². The smallest absolute Gasteiger partial charge is 0.262 e. The second kappa shape index (κ2) is 9.67. The molecule has 0 radical (unpaired) electrons. The van der Waals surface area contributed by atoms with Crippen molar-refractivity contribution in [2.24, 2.45) is 5.92 Å². The highest BCUT2D eigenvalue weighted by Gasteiger charge is 2.39. The monoisotopic (exact) mass is 587 g/mol. The normalized spacial score (nSPS) is 19.3. The zero-order valence-corrected chi connectivity index (χ0v) is 24.0. The molecule has 0 N–H and O–H groups in total. The maximum Gasteiger partial charge on any atom is 0.262 e. The van der Waals surface area contributed by atoms with Crippen molar-refractivity contribution in [2.45, 2.75) is 25.4 Å². The average Bonchev–Trinajstić information content (AvgIpc) is 3.29. The second-order valence-corrected chi connectivity index (χ2v) is 13.2. The number of hydrogen-bond acceptors (Lipinski definition) is 7. The Morgan fingerprint density at radius 3 is 2.43 bits per heavy atom. The largest absolute Gasteiger partial charge is 0.493 e. The molecule has 4 heterocycles. The molecule has 2 unspecified atom stereocenters. The van der Waals surface area contributed by atoms with E-state index in [9.17, 15) is 22.8 Å². The molecule has 1 aliphatic carbocycles. The lowest BCUT2D eigenvalue weighted by Gasteiger charge is -2.42. The van der Waals surface area contributed by atoms with E-state index in [-0.39, 0.29) is 53.2 Å². The molecule has 11 heteroatoms. The number of pyridine rings is 2. The van der Waals surface area contributed by atoms with Gasteiger partial charge < -0.3 is 18.6 Å². The van der Waals surface area contributed by atoms with E-state index in [0.29, 0.717) is 46.6 Å². The van der Waals surface area contributed by atoms with Gasteiger partial charge in [0.1, 0.15) is 0 Å². The Morgan fingerprint density at radius 2 is 1.67 bits per heavy atom. The number of ketones is 1. The first-order chi connectivity index (χ1) is 20.2. The number of benzene rings is 2. The van der Waals surface area contributed by atoms with Crippen LogP contribution < -0.4 is 20.6 Å². The van der Waals surface area contributed by atoms with Crippen LogP contribution in [0.2, 0.25) is 0 Å². The van der Waals surface area contributed by atoms with Gasteiger partial charge in [-0.3, -0.25) is 14.4 Å². The summed E-state index contributed by atoms with van der Waals surface area (Å²) >= 11 is 0. The van der Waals surface area contributed by atoms with Gasteiger partial charge in [0.25, 0.3) is 11.1 Å². The van der Waals surface area contributed by atoms with Crippen molar-refractivity contribution in [3.05, 3.63) is 92.1 Å². The first kappa shape index (κ1) is 26.7. The predicted octanol–water partition coefficient (Wildman–Crippen LogP) is 2.84. The Morgan fingerprint density at radius 1 is 0.881 bits per heavy atom. The van der Waals surface area contributed by atoms with E-state index in [1.165, 1.54) is 29.2 Å². The minimum Gasteiger partial charge on any atom is -0.493 e. The number of sulfonamides is 1. The molecule has 10 nitrogen and oxygen atoms in total. The molecule has 216 valence electrons. The maximum atomic E-state index is 14.1. The van der Waals surface area contributed by atoms with Gasteiger partial charge in [-0.05, 0) is 30.5 Å². The van der Waals surface area contributed by atoms with Crippen LogP contribution in [0.4, 0.5) is 0 Å². The van der Waals surface area contributed by atoms with Crippen molar-refractivity contribution in [1.82, 2.24) is 13.4 Å². The van der Waals surface area contributed by atoms with Crippen LogP contribution in [0.15, 0.2) is 64.2 Å². The third-order valence-electron chi connectivity index (χ3n) is 8.85. The standard InChI is InChI=1S/C31H29N3O7S/c1-40-24-11-10-22-26-28(20-6-3-4-7-21(20)29(26)36)33(31(37)27(22)30(24)41-2)12-13-42(38,39)32-15-18-14-19(17-32)23-8-5-9-25(35)34(23)16-18/h3-11,18-19H,12-17H2,1-2H3. The molecule has 42 heavy (non-hydrogen) atoms. The molecule has 3 aliphatic rings. The number of rotatable bonds is 6. The summed E-state index contributed by atoms with van der Waals surface area (Å²) in [5.41, 5.74) is 2.16. The summed E-state index contributed by atoms with van der Waals surface area (Å²) in [4.78, 5) is 40.2. The van der Waals surface area contributed by atoms with Crippen molar-refractivity contribution in [2.75, 3.05) is 33.1 Å². The molecule has 1 fully saturated rings. The molecule has 4 aromatic rings. The Kier molecular flexibility index (Phi) is 6.14. The minimum atomic E-state index is -3.80. The first-order valence-electron chi connectivity index (χ1n) is 13.9. The highest BCUT2D eigenvalue weighted by Crippen LogP contribution is 2.43. The van der Waals surface area contributed by atoms with E-state index >= 15 is 0 Å². The van der Waals surface area contributed by atoms with Crippen LogP contribution in [0, 0.1) is 5.92 Å². The van der Waals surface area contributed by atoms with Crippen molar-refractivity contribution < 1.29 is 22.7 Å². The quantitative estimate of drug-likeness (QED) is 0.300. The molecule has 2 aromatic carbocycles. The number of piperidine rings is 1. The SMILES string of the molecule is COc1ccc2c3c(n(CCS(=O)(=O)N4CC5CC(C4)c4cccc(=O)n4C5)c(=O)c2c1OC)-c1ccccc1C3=O. The lowest BCUT2D eigenvalue weighted by Crippen LogP contribution is -2.50. The van der Waals surface area contributed by atoms with Gasteiger partial charge in [-0.2, -0.15) is 0 Å². The minimum absolute atomic E-state index is 0.0278. The zero-order chi connectivity index (χ0) is 29.3. The number of methoxy groups -OCH3 is 2. The van der Waals surface area contributed by atoms with Gasteiger partial charge in [0.15, 0.2) is 17.3 Å². The van der Waals surface area contributed by atoms with Crippen molar-refractivity contribution in [1.29, 1.82) is 0 Å². The van der Waals surface area contributed by atoms with E-state index in [0.717, 1.165) is 12.1 Å². The summed E-state index contributed by atoms with van der Waals surface area (Å²) in [6.45, 7) is 0.926. The Hall–Kier alpha value is -4.22. The van der Waals surface area contributed by atoms with Crippen molar-refractivity contribution >= 4 is 26.6 Å². The van der Waals surface area contributed by atoms with Gasteiger partial charge in [-0.15, -0.1) is 0 Å². The summed E-state index contributed by atoms with van der Waals surface area (Å²) in [6, 6.07) is 15.5. The van der Waals surface area contributed by atoms with Crippen LogP contribution in [0.1, 0.15) is 34.0 Å². The number of ether oxygens (including phenoxy) is 2. The van der Waals surface area contributed by atoms with Crippen LogP contribution in [-0.4, -0.2) is 60.7 Å². The second-order valence-electron chi connectivity index (χ2n) is 11.1. The van der Waals surface area contributed by atoms with E-state index in [1.54, 1.807) is 47.0 Å². The van der Waals surface area contributed by atoms with Gasteiger partial charge in [0.05, 0.1) is 36.6 Å². The van der Waals surface area contributed by atoms with Gasteiger partial charge in [-0.1, -0.05) is 30.3 Å². The van der Waals surface area contributed by atoms with Crippen molar-refractivity contribution in [3.63, 3.8) is 0 Å². The Labute approximate surface area is 241 Å². The number of aromatic nitrogens is 2. The summed E-state index contributed by atoms with van der Waals surface area (Å²) in [7, 11) is -0.908. The van der Waals surface area contributed by atoms with Crippen LogP contribution in [0.25, 0.3) is 22.0 Å². The Bertz CT molecular complexity index is 2030. The number of fused-ring (bicyclic) bond motifs is 9. The molecule has 2 aliphatic heterocycles. The molecule has 1 saturated heterocycles. The molecule has 0 saturated carbocycles. The van der Waals surface area contributed by atoms with E-state index in [1.807, 2.05) is 6.07 Å². The molecule has 2 aromatic heterocycles. The average molecular weight is 588 g/mol. The third kappa shape index (κ3) is 3.87. The number of carbonyl (C=O) groups excluding carboxylic acids is 1. The third-order valence-corrected chi connectivity index (χ3v) is 10.6. The topological polar surface area (TPSA) is 117 Å². The molecular weight excluding hydrogens is 558 g/mol. The van der Waals surface area contributed by atoms with Crippen LogP contribution in [0.3, 0.4) is 0 Å². The molecule has 0 spiro atoms. The highest BCUT2D eigenvalue weighted by atomic mass is 32.2. The summed E-state index contributed by atoms with van der Waals surface area (Å²) in [6.07, 6.45) is 0.827. The number of nitrogens with zero attached hydrogens (tertiary/aromatic N) is 3. The van der Waals surface area contributed by atoms with Gasteiger partial charge in [0.2, 0.25) is 10.0 Å². The maximum absolute atomic E-state index is 14.1. The van der Waals surface area contributed by atoms with Crippen molar-refractivity contribution in [3.8, 4) is 22.8 Å². The molecule has 0 amide bonds. The zero-order valence-electron chi connectivity index (χ0n) is 23.2. The van der Waals surface area contributed by atoms with Gasteiger partial charge in [0, 0.05) is 60.4 Å². The lowest BCUT2D eigenvalue weighted by molar-refractivity contribution is 0.104. The fourth-order valence-electron chi connectivity index (χ4n) is 7.01. The van der Waals surface area contributed by atoms with E-state index < -0.39 is 15.6 Å². The Balaban J connectivity index is 1.31.